The summed E-state index contributed by atoms with van der Waals surface area (Å²) >= 11 is 0. The average Bonchev–Trinajstić information content (AvgIpc) is 2.48. The molecule has 2 aliphatic heterocycles. The van der Waals surface area contributed by atoms with Gasteiger partial charge in [-0.3, -0.25) is 0 Å². The van der Waals surface area contributed by atoms with Crippen LogP contribution in [0.25, 0.3) is 0 Å². The third-order valence-electron chi connectivity index (χ3n) is 3.71. The monoisotopic (exact) mass is 324 g/mol. The van der Waals surface area contributed by atoms with Crippen molar-refractivity contribution in [1.82, 2.24) is 0 Å². The Labute approximate surface area is 125 Å². The molecule has 0 spiro atoms. The first-order valence-electron chi connectivity index (χ1n) is 6.73. The quantitative estimate of drug-likeness (QED) is 0.354. The second-order valence-electron chi connectivity index (χ2n) is 5.21. The van der Waals surface area contributed by atoms with E-state index >= 15 is 0 Å². The van der Waals surface area contributed by atoms with Gasteiger partial charge in [-0.05, 0) is 0 Å². The smallest absolute Gasteiger partial charge is 0.335 e. The van der Waals surface area contributed by atoms with Crippen molar-refractivity contribution in [2.24, 2.45) is 0 Å². The topological polar surface area (TPSA) is 155 Å². The van der Waals surface area contributed by atoms with Gasteiger partial charge in [0, 0.05) is 7.11 Å². The van der Waals surface area contributed by atoms with Crippen molar-refractivity contribution in [2.45, 2.75) is 49.0 Å². The highest BCUT2D eigenvalue weighted by Gasteiger charge is 2.50. The van der Waals surface area contributed by atoms with Crippen LogP contribution in [0, 0.1) is 0 Å². The molecule has 10 nitrogen and oxygen atoms in total. The van der Waals surface area contributed by atoms with Gasteiger partial charge >= 0.3 is 5.97 Å². The molecule has 10 heteroatoms. The van der Waals surface area contributed by atoms with Gasteiger partial charge in [0.1, 0.15) is 36.6 Å². The minimum absolute atomic E-state index is 0.0682. The van der Waals surface area contributed by atoms with E-state index in [1.165, 1.54) is 7.11 Å². The zero-order valence-corrected chi connectivity index (χ0v) is 11.8. The molecule has 0 saturated carbocycles. The van der Waals surface area contributed by atoms with Crippen molar-refractivity contribution in [2.75, 3.05) is 20.3 Å². The number of carboxylic acids is 1. The van der Waals surface area contributed by atoms with Crippen molar-refractivity contribution in [1.29, 1.82) is 0 Å². The molecule has 0 aromatic rings. The Hall–Kier alpha value is -0.850. The van der Waals surface area contributed by atoms with Crippen LogP contribution >= 0.6 is 0 Å². The molecule has 2 aliphatic rings. The first kappa shape index (κ1) is 17.5. The molecule has 0 bridgehead atoms. The molecule has 0 radical (unpaired) electrons. The SMILES string of the molecule is CO[C@@H]1C(C(=O)O)O[C@H](O[C@H]2COC[C@@H](O)[C@@H]2O)[C@H](O)[C@H]1O. The Morgan fingerprint density at radius 3 is 2.36 bits per heavy atom. The van der Waals surface area contributed by atoms with Gasteiger partial charge < -0.3 is 44.5 Å². The summed E-state index contributed by atoms with van der Waals surface area (Å²) in [6.45, 7) is -0.145. The third kappa shape index (κ3) is 3.39. The van der Waals surface area contributed by atoms with E-state index in [0.717, 1.165) is 0 Å². The van der Waals surface area contributed by atoms with Gasteiger partial charge in [-0.25, -0.2) is 4.79 Å². The highest BCUT2D eigenvalue weighted by atomic mass is 16.7. The van der Waals surface area contributed by atoms with Gasteiger partial charge in [-0.15, -0.1) is 0 Å². The molecule has 8 atom stereocenters. The molecule has 2 heterocycles. The van der Waals surface area contributed by atoms with Crippen LogP contribution in [-0.2, 0) is 23.7 Å². The second kappa shape index (κ2) is 7.15. The van der Waals surface area contributed by atoms with Crippen molar-refractivity contribution in [3.05, 3.63) is 0 Å². The first-order valence-corrected chi connectivity index (χ1v) is 6.73. The van der Waals surface area contributed by atoms with Crippen LogP contribution in [0.1, 0.15) is 0 Å². The van der Waals surface area contributed by atoms with Crippen LogP contribution in [0.2, 0.25) is 0 Å². The van der Waals surface area contributed by atoms with Crippen molar-refractivity contribution in [3.63, 3.8) is 0 Å². The maximum absolute atomic E-state index is 11.2. The number of hydrogen-bond acceptors (Lipinski definition) is 9. The summed E-state index contributed by atoms with van der Waals surface area (Å²) in [5.41, 5.74) is 0. The number of rotatable bonds is 4. The second-order valence-corrected chi connectivity index (χ2v) is 5.21. The van der Waals surface area contributed by atoms with Gasteiger partial charge in [0.25, 0.3) is 0 Å². The summed E-state index contributed by atoms with van der Waals surface area (Å²) in [7, 11) is 1.18. The van der Waals surface area contributed by atoms with E-state index in [-0.39, 0.29) is 13.2 Å². The number of methoxy groups -OCH3 is 1. The van der Waals surface area contributed by atoms with Gasteiger partial charge in [0.2, 0.25) is 0 Å². The van der Waals surface area contributed by atoms with E-state index in [1.807, 2.05) is 0 Å². The summed E-state index contributed by atoms with van der Waals surface area (Å²) in [6, 6.07) is 0. The van der Waals surface area contributed by atoms with E-state index < -0.39 is 55.0 Å². The van der Waals surface area contributed by atoms with Crippen molar-refractivity contribution < 1.29 is 49.3 Å². The van der Waals surface area contributed by atoms with Crippen LogP contribution in [0.4, 0.5) is 0 Å². The number of aliphatic carboxylic acids is 1. The summed E-state index contributed by atoms with van der Waals surface area (Å²) in [4.78, 5) is 11.2. The van der Waals surface area contributed by atoms with Crippen LogP contribution in [-0.4, -0.2) is 101 Å². The van der Waals surface area contributed by atoms with E-state index in [9.17, 15) is 25.2 Å². The van der Waals surface area contributed by atoms with Crippen LogP contribution in [0.15, 0.2) is 0 Å². The Bertz CT molecular complexity index is 390. The first-order chi connectivity index (χ1) is 10.4. The molecule has 2 rings (SSSR count). The normalized spacial score (nSPS) is 46.4. The zero-order valence-electron chi connectivity index (χ0n) is 11.8. The van der Waals surface area contributed by atoms with Crippen molar-refractivity contribution >= 4 is 5.97 Å². The fourth-order valence-electron chi connectivity index (χ4n) is 2.45. The number of carboxylic acid groups (broad SMARTS) is 1. The Morgan fingerprint density at radius 1 is 1.09 bits per heavy atom. The predicted octanol–water partition coefficient (Wildman–Crippen LogP) is -3.33. The lowest BCUT2D eigenvalue weighted by atomic mass is 9.98. The third-order valence-corrected chi connectivity index (χ3v) is 3.71. The molecular formula is C12H20O10. The van der Waals surface area contributed by atoms with Gasteiger partial charge in [0.15, 0.2) is 12.4 Å². The van der Waals surface area contributed by atoms with E-state index in [4.69, 9.17) is 24.1 Å². The van der Waals surface area contributed by atoms with Gasteiger partial charge in [0.05, 0.1) is 13.2 Å². The van der Waals surface area contributed by atoms with Gasteiger partial charge in [-0.1, -0.05) is 0 Å². The maximum Gasteiger partial charge on any atom is 0.335 e. The average molecular weight is 324 g/mol. The van der Waals surface area contributed by atoms with Crippen molar-refractivity contribution in [3.8, 4) is 0 Å². The fourth-order valence-corrected chi connectivity index (χ4v) is 2.45. The molecule has 2 fully saturated rings. The summed E-state index contributed by atoms with van der Waals surface area (Å²) in [5.74, 6) is -1.40. The molecule has 0 aliphatic carbocycles. The Morgan fingerprint density at radius 2 is 1.77 bits per heavy atom. The minimum atomic E-state index is -1.59. The molecular weight excluding hydrogens is 304 g/mol. The lowest BCUT2D eigenvalue weighted by Crippen LogP contribution is -2.62. The van der Waals surface area contributed by atoms with E-state index in [1.54, 1.807) is 0 Å². The summed E-state index contributed by atoms with van der Waals surface area (Å²) < 4.78 is 20.2. The standard InChI is InChI=1S/C12H20O10/c1-19-9-7(15)8(16)12(22-10(9)11(17)18)21-5-3-20-2-4(13)6(5)14/h4-10,12-16H,2-3H2,1H3,(H,17,18)/t4-,5+,6+,7-,8-,9+,10?,12+/m1/s1. The molecule has 128 valence electrons. The number of aliphatic hydroxyl groups excluding tert-OH is 4. The Balaban J connectivity index is 2.08. The molecule has 2 saturated heterocycles. The minimum Gasteiger partial charge on any atom is -0.479 e. The largest absolute Gasteiger partial charge is 0.479 e. The van der Waals surface area contributed by atoms with E-state index in [0.29, 0.717) is 0 Å². The molecule has 0 aromatic carbocycles. The zero-order chi connectivity index (χ0) is 16.4. The van der Waals surface area contributed by atoms with Crippen LogP contribution < -0.4 is 0 Å². The summed E-state index contributed by atoms with van der Waals surface area (Å²) in [6.07, 6.45) is -11.0. The summed E-state index contributed by atoms with van der Waals surface area (Å²) in [5, 5.41) is 48.3. The molecule has 1 unspecified atom stereocenters. The Kier molecular flexibility index (Phi) is 5.69. The number of ether oxygens (including phenoxy) is 4. The lowest BCUT2D eigenvalue weighted by molar-refractivity contribution is -0.323. The number of aliphatic hydroxyl groups is 4. The maximum atomic E-state index is 11.2. The number of hydrogen-bond donors (Lipinski definition) is 5. The fraction of sp³-hybridized carbons (Fsp3) is 0.917. The predicted molar refractivity (Wildman–Crippen MR) is 66.8 cm³/mol. The molecule has 5 N–H and O–H groups in total. The highest BCUT2D eigenvalue weighted by molar-refractivity contribution is 5.73. The molecule has 0 aromatic heterocycles. The van der Waals surface area contributed by atoms with Crippen LogP contribution in [0.3, 0.4) is 0 Å². The number of carbonyl (C=O) groups is 1. The lowest BCUT2D eigenvalue weighted by Gasteiger charge is -2.42. The van der Waals surface area contributed by atoms with Crippen LogP contribution in [0.5, 0.6) is 0 Å². The van der Waals surface area contributed by atoms with E-state index in [2.05, 4.69) is 0 Å². The molecule has 22 heavy (non-hydrogen) atoms. The molecule has 0 amide bonds. The highest BCUT2D eigenvalue weighted by Crippen LogP contribution is 2.26. The van der Waals surface area contributed by atoms with Gasteiger partial charge in [-0.2, -0.15) is 0 Å².